The molecular formula is C41H26N4. The summed E-state index contributed by atoms with van der Waals surface area (Å²) in [6.45, 7) is 0. The zero-order valence-corrected chi connectivity index (χ0v) is 24.3. The third-order valence-corrected chi connectivity index (χ3v) is 8.58. The van der Waals surface area contributed by atoms with Crippen LogP contribution in [0.4, 0.5) is 0 Å². The van der Waals surface area contributed by atoms with Crippen molar-refractivity contribution in [2.45, 2.75) is 0 Å². The van der Waals surface area contributed by atoms with Crippen molar-refractivity contribution in [3.8, 4) is 56.3 Å². The average molecular weight is 575 g/mol. The molecule has 0 unspecified atom stereocenters. The predicted octanol–water partition coefficient (Wildman–Crippen LogP) is 10.2. The highest BCUT2D eigenvalue weighted by Crippen LogP contribution is 2.39. The molecule has 4 heterocycles. The van der Waals surface area contributed by atoms with Crippen molar-refractivity contribution >= 4 is 27.5 Å². The molecular weight excluding hydrogens is 548 g/mol. The van der Waals surface area contributed by atoms with Crippen LogP contribution in [0.5, 0.6) is 0 Å². The Labute approximate surface area is 260 Å². The molecule has 0 bridgehead atoms. The van der Waals surface area contributed by atoms with E-state index in [2.05, 4.69) is 120 Å². The average Bonchev–Trinajstić information content (AvgIpc) is 3.68. The summed E-state index contributed by atoms with van der Waals surface area (Å²) < 4.78 is 2.30. The van der Waals surface area contributed by atoms with Gasteiger partial charge in [-0.1, -0.05) is 133 Å². The van der Waals surface area contributed by atoms with Crippen molar-refractivity contribution in [3.05, 3.63) is 158 Å². The molecule has 0 aliphatic rings. The van der Waals surface area contributed by atoms with Gasteiger partial charge in [0, 0.05) is 33.0 Å². The molecule has 0 atom stereocenters. The first-order valence-electron chi connectivity index (χ1n) is 15.1. The number of rotatable bonds is 5. The minimum atomic E-state index is 0.718. The van der Waals surface area contributed by atoms with Gasteiger partial charge in [0.15, 0.2) is 5.82 Å². The van der Waals surface area contributed by atoms with E-state index in [4.69, 9.17) is 15.0 Å². The molecule has 0 N–H and O–H groups in total. The Balaban J connectivity index is 1.15. The highest BCUT2D eigenvalue weighted by atomic mass is 15.0. The van der Waals surface area contributed by atoms with Crippen LogP contribution in [-0.4, -0.2) is 19.4 Å². The van der Waals surface area contributed by atoms with E-state index >= 15 is 0 Å². The summed E-state index contributed by atoms with van der Waals surface area (Å²) in [6.07, 6.45) is 0. The van der Waals surface area contributed by atoms with Gasteiger partial charge in [-0.05, 0) is 35.4 Å². The first-order chi connectivity index (χ1) is 22.3. The molecule has 0 radical (unpaired) electrons. The lowest BCUT2D eigenvalue weighted by atomic mass is 9.99. The van der Waals surface area contributed by atoms with Gasteiger partial charge in [0.1, 0.15) is 5.65 Å². The highest BCUT2D eigenvalue weighted by Gasteiger charge is 2.19. The van der Waals surface area contributed by atoms with Crippen LogP contribution in [0.3, 0.4) is 0 Å². The molecule has 9 rings (SSSR count). The summed E-state index contributed by atoms with van der Waals surface area (Å²) >= 11 is 0. The zero-order chi connectivity index (χ0) is 29.7. The highest BCUT2D eigenvalue weighted by molar-refractivity contribution is 6.14. The topological polar surface area (TPSA) is 43.1 Å². The normalized spacial score (nSPS) is 11.6. The van der Waals surface area contributed by atoms with E-state index in [1.54, 1.807) is 0 Å². The smallest absolute Gasteiger partial charge is 0.160 e. The van der Waals surface area contributed by atoms with Gasteiger partial charge >= 0.3 is 0 Å². The molecule has 5 aromatic carbocycles. The van der Waals surface area contributed by atoms with Crippen molar-refractivity contribution in [1.82, 2.24) is 19.4 Å². The quantitative estimate of drug-likeness (QED) is 0.205. The fourth-order valence-corrected chi connectivity index (χ4v) is 6.39. The Hall–Kier alpha value is -6.13. The lowest BCUT2D eigenvalue weighted by Crippen LogP contribution is -1.95. The van der Waals surface area contributed by atoms with E-state index in [-0.39, 0.29) is 0 Å². The summed E-state index contributed by atoms with van der Waals surface area (Å²) in [7, 11) is 0. The third-order valence-electron chi connectivity index (χ3n) is 8.58. The van der Waals surface area contributed by atoms with Crippen LogP contribution < -0.4 is 0 Å². The van der Waals surface area contributed by atoms with Crippen LogP contribution in [0.1, 0.15) is 0 Å². The second-order valence-electron chi connectivity index (χ2n) is 11.3. The molecule has 210 valence electrons. The maximum Gasteiger partial charge on any atom is 0.160 e. The van der Waals surface area contributed by atoms with Gasteiger partial charge in [-0.25, -0.2) is 15.0 Å². The number of benzene rings is 5. The van der Waals surface area contributed by atoms with Crippen LogP contribution in [0, 0.1) is 0 Å². The zero-order valence-electron chi connectivity index (χ0n) is 24.3. The van der Waals surface area contributed by atoms with Crippen molar-refractivity contribution in [3.63, 3.8) is 0 Å². The molecule has 4 nitrogen and oxygen atoms in total. The van der Waals surface area contributed by atoms with Gasteiger partial charge in [0.25, 0.3) is 0 Å². The van der Waals surface area contributed by atoms with Gasteiger partial charge in [0.2, 0.25) is 0 Å². The molecule has 4 heteroatoms. The molecule has 9 aromatic rings. The SMILES string of the molecule is c1ccc(-c2cc(-c3ccc(-c4ccc5c(c4)c4c(-c6ccccc6)nc6cccc5n64)cc3)nc(-c3ccccc3)n2)cc1. The Morgan fingerprint density at radius 1 is 0.378 bits per heavy atom. The Kier molecular flexibility index (Phi) is 5.78. The third kappa shape index (κ3) is 4.27. The fourth-order valence-electron chi connectivity index (χ4n) is 6.39. The van der Waals surface area contributed by atoms with E-state index in [1.165, 1.54) is 21.9 Å². The Morgan fingerprint density at radius 3 is 1.64 bits per heavy atom. The van der Waals surface area contributed by atoms with Gasteiger partial charge < -0.3 is 0 Å². The standard InChI is InChI=1S/C41H26N4/c1-4-11-28(12-5-1)35-26-36(43-41(42-35)31-15-8-3-9-16-31)29-21-19-27(20-22-29)32-23-24-33-34(25-32)40-39(30-13-6-2-7-14-30)44-38-18-10-17-37(33)45(38)40/h1-26H. The van der Waals surface area contributed by atoms with E-state index in [0.29, 0.717) is 0 Å². The summed E-state index contributed by atoms with van der Waals surface area (Å²) in [5.41, 5.74) is 12.7. The number of fused-ring (bicyclic) bond motifs is 3. The van der Waals surface area contributed by atoms with Gasteiger partial charge in [0.05, 0.1) is 28.1 Å². The van der Waals surface area contributed by atoms with Gasteiger partial charge in [-0.3, -0.25) is 4.40 Å². The molecule has 45 heavy (non-hydrogen) atoms. The van der Waals surface area contributed by atoms with E-state index in [1.807, 2.05) is 42.5 Å². The summed E-state index contributed by atoms with van der Waals surface area (Å²) in [6, 6.07) is 54.9. The monoisotopic (exact) mass is 574 g/mol. The largest absolute Gasteiger partial charge is 0.292 e. The second-order valence-corrected chi connectivity index (χ2v) is 11.3. The van der Waals surface area contributed by atoms with E-state index in [9.17, 15) is 0 Å². The maximum atomic E-state index is 5.05. The summed E-state index contributed by atoms with van der Waals surface area (Å²) in [4.78, 5) is 15.0. The number of nitrogens with zero attached hydrogens (tertiary/aromatic N) is 4. The fraction of sp³-hybridized carbons (Fsp3) is 0. The number of aromatic nitrogens is 4. The maximum absolute atomic E-state index is 5.05. The Bertz CT molecular complexity index is 2390. The molecule has 0 saturated carbocycles. The summed E-state index contributed by atoms with van der Waals surface area (Å²) in [5.74, 6) is 0.718. The first kappa shape index (κ1) is 25.4. The van der Waals surface area contributed by atoms with Gasteiger partial charge in [-0.2, -0.15) is 0 Å². The molecule has 0 spiro atoms. The minimum Gasteiger partial charge on any atom is -0.292 e. The molecule has 0 saturated heterocycles. The predicted molar refractivity (Wildman–Crippen MR) is 184 cm³/mol. The van der Waals surface area contributed by atoms with Crippen LogP contribution in [0.15, 0.2) is 158 Å². The van der Waals surface area contributed by atoms with E-state index < -0.39 is 0 Å². The molecule has 0 aliphatic carbocycles. The molecule has 0 aliphatic heterocycles. The molecule has 4 aromatic heterocycles. The lowest BCUT2D eigenvalue weighted by Gasteiger charge is -2.10. The lowest BCUT2D eigenvalue weighted by molar-refractivity contribution is 1.18. The Morgan fingerprint density at radius 2 is 0.956 bits per heavy atom. The van der Waals surface area contributed by atoms with Crippen molar-refractivity contribution in [2.75, 3.05) is 0 Å². The van der Waals surface area contributed by atoms with Crippen LogP contribution in [-0.2, 0) is 0 Å². The molecule has 0 fully saturated rings. The van der Waals surface area contributed by atoms with Crippen LogP contribution >= 0.6 is 0 Å². The van der Waals surface area contributed by atoms with Crippen molar-refractivity contribution in [2.24, 2.45) is 0 Å². The molecule has 0 amide bonds. The van der Waals surface area contributed by atoms with Crippen molar-refractivity contribution < 1.29 is 0 Å². The van der Waals surface area contributed by atoms with E-state index in [0.717, 1.165) is 61.9 Å². The summed E-state index contributed by atoms with van der Waals surface area (Å²) in [5, 5.41) is 2.44. The minimum absolute atomic E-state index is 0.718. The van der Waals surface area contributed by atoms with Crippen LogP contribution in [0.2, 0.25) is 0 Å². The van der Waals surface area contributed by atoms with Gasteiger partial charge in [-0.15, -0.1) is 0 Å². The van der Waals surface area contributed by atoms with Crippen LogP contribution in [0.25, 0.3) is 83.7 Å². The number of hydrogen-bond donors (Lipinski definition) is 0. The number of imidazole rings is 1. The second kappa shape index (κ2) is 10.2. The van der Waals surface area contributed by atoms with Crippen molar-refractivity contribution in [1.29, 1.82) is 0 Å². The number of hydrogen-bond acceptors (Lipinski definition) is 3. The first-order valence-corrected chi connectivity index (χ1v) is 15.1. The number of pyridine rings is 1.